The molecule has 1 atom stereocenters. The Kier molecular flexibility index (Phi) is 5.54. The topological polar surface area (TPSA) is 38.0 Å². The fraction of sp³-hybridized carbons (Fsp3) is 0.368. The second-order valence-corrected chi connectivity index (χ2v) is 6.06. The van der Waals surface area contributed by atoms with E-state index in [0.29, 0.717) is 5.92 Å². The SMILES string of the molecule is Cc1ccc(CCC(NN)c2ccc(C(C)C)cc2)cc1. The molecule has 2 aromatic carbocycles. The summed E-state index contributed by atoms with van der Waals surface area (Å²) in [5.41, 5.74) is 8.24. The van der Waals surface area contributed by atoms with Crippen molar-refractivity contribution in [1.29, 1.82) is 0 Å². The summed E-state index contributed by atoms with van der Waals surface area (Å²) < 4.78 is 0. The van der Waals surface area contributed by atoms with Crippen LogP contribution in [-0.4, -0.2) is 0 Å². The minimum atomic E-state index is 0.201. The summed E-state index contributed by atoms with van der Waals surface area (Å²) in [6.45, 7) is 6.54. The van der Waals surface area contributed by atoms with Gasteiger partial charge >= 0.3 is 0 Å². The Morgan fingerprint density at radius 2 is 1.48 bits per heavy atom. The van der Waals surface area contributed by atoms with Crippen LogP contribution in [0.15, 0.2) is 48.5 Å². The molecule has 0 saturated heterocycles. The number of hydrazine groups is 1. The lowest BCUT2D eigenvalue weighted by Gasteiger charge is -2.17. The van der Waals surface area contributed by atoms with Gasteiger partial charge < -0.3 is 0 Å². The Labute approximate surface area is 128 Å². The van der Waals surface area contributed by atoms with E-state index >= 15 is 0 Å². The molecule has 0 fully saturated rings. The van der Waals surface area contributed by atoms with Crippen molar-refractivity contribution in [3.05, 3.63) is 70.8 Å². The number of nitrogens with two attached hydrogens (primary N) is 1. The number of rotatable bonds is 6. The highest BCUT2D eigenvalue weighted by atomic mass is 15.2. The maximum atomic E-state index is 5.74. The van der Waals surface area contributed by atoms with E-state index in [9.17, 15) is 0 Å². The van der Waals surface area contributed by atoms with Crippen LogP contribution in [0.5, 0.6) is 0 Å². The van der Waals surface area contributed by atoms with Gasteiger partial charge in [-0.05, 0) is 42.4 Å². The van der Waals surface area contributed by atoms with Crippen molar-refractivity contribution in [2.45, 2.75) is 45.6 Å². The standard InChI is InChI=1S/C19H26N2/c1-14(2)17-9-11-18(12-10-17)19(21-20)13-8-16-6-4-15(3)5-7-16/h4-7,9-12,14,19,21H,8,13,20H2,1-3H3. The van der Waals surface area contributed by atoms with E-state index in [1.807, 2.05) is 0 Å². The smallest absolute Gasteiger partial charge is 0.0463 e. The molecule has 0 heterocycles. The fourth-order valence-corrected chi connectivity index (χ4v) is 2.53. The normalized spacial score (nSPS) is 12.6. The number of nitrogens with one attached hydrogen (secondary N) is 1. The molecule has 0 spiro atoms. The lowest BCUT2D eigenvalue weighted by molar-refractivity contribution is 0.516. The molecule has 0 aliphatic carbocycles. The Morgan fingerprint density at radius 3 is 2.00 bits per heavy atom. The second kappa shape index (κ2) is 7.39. The van der Waals surface area contributed by atoms with E-state index in [1.54, 1.807) is 0 Å². The number of hydrogen-bond acceptors (Lipinski definition) is 2. The van der Waals surface area contributed by atoms with Crippen LogP contribution in [-0.2, 0) is 6.42 Å². The van der Waals surface area contributed by atoms with Gasteiger partial charge in [-0.1, -0.05) is 67.9 Å². The number of aryl methyl sites for hydroxylation is 2. The van der Waals surface area contributed by atoms with E-state index in [2.05, 4.69) is 74.7 Å². The Balaban J connectivity index is 2.00. The molecule has 2 aromatic rings. The van der Waals surface area contributed by atoms with E-state index < -0.39 is 0 Å². The molecule has 21 heavy (non-hydrogen) atoms. The maximum absolute atomic E-state index is 5.74. The molecule has 3 N–H and O–H groups in total. The van der Waals surface area contributed by atoms with Crippen LogP contribution < -0.4 is 11.3 Å². The van der Waals surface area contributed by atoms with Crippen LogP contribution in [0.1, 0.15) is 54.5 Å². The summed E-state index contributed by atoms with van der Waals surface area (Å²) in [6, 6.07) is 17.7. The average molecular weight is 282 g/mol. The van der Waals surface area contributed by atoms with Crippen LogP contribution >= 0.6 is 0 Å². The van der Waals surface area contributed by atoms with E-state index in [1.165, 1.54) is 22.3 Å². The summed E-state index contributed by atoms with van der Waals surface area (Å²) in [6.07, 6.45) is 2.03. The molecule has 0 amide bonds. The molecule has 2 rings (SSSR count). The summed E-state index contributed by atoms with van der Waals surface area (Å²) in [7, 11) is 0. The Hall–Kier alpha value is -1.64. The van der Waals surface area contributed by atoms with Gasteiger partial charge in [-0.2, -0.15) is 0 Å². The predicted molar refractivity (Wildman–Crippen MR) is 90.1 cm³/mol. The largest absolute Gasteiger partial charge is 0.271 e. The third kappa shape index (κ3) is 4.42. The number of benzene rings is 2. The van der Waals surface area contributed by atoms with Crippen LogP contribution in [0.2, 0.25) is 0 Å². The molecule has 2 heteroatoms. The summed E-state index contributed by atoms with van der Waals surface area (Å²) in [5, 5.41) is 0. The monoisotopic (exact) mass is 282 g/mol. The van der Waals surface area contributed by atoms with E-state index in [4.69, 9.17) is 5.84 Å². The summed E-state index contributed by atoms with van der Waals surface area (Å²) >= 11 is 0. The van der Waals surface area contributed by atoms with Gasteiger partial charge in [-0.25, -0.2) is 0 Å². The lowest BCUT2D eigenvalue weighted by Crippen LogP contribution is -2.28. The first-order chi connectivity index (χ1) is 10.1. The Bertz CT molecular complexity index is 541. The third-order valence-electron chi connectivity index (χ3n) is 4.05. The molecule has 0 bridgehead atoms. The van der Waals surface area contributed by atoms with Crippen LogP contribution in [0.25, 0.3) is 0 Å². The van der Waals surface area contributed by atoms with Crippen molar-refractivity contribution in [2.75, 3.05) is 0 Å². The third-order valence-corrected chi connectivity index (χ3v) is 4.05. The fourth-order valence-electron chi connectivity index (χ4n) is 2.53. The first-order valence-corrected chi connectivity index (χ1v) is 7.71. The zero-order valence-corrected chi connectivity index (χ0v) is 13.3. The van der Waals surface area contributed by atoms with Gasteiger partial charge in [-0.15, -0.1) is 0 Å². The van der Waals surface area contributed by atoms with Crippen molar-refractivity contribution in [3.8, 4) is 0 Å². The highest BCUT2D eigenvalue weighted by Crippen LogP contribution is 2.22. The van der Waals surface area contributed by atoms with Gasteiger partial charge in [0.05, 0.1) is 0 Å². The molecule has 0 aliphatic heterocycles. The van der Waals surface area contributed by atoms with Gasteiger partial charge in [0.2, 0.25) is 0 Å². The summed E-state index contributed by atoms with van der Waals surface area (Å²) in [5.74, 6) is 6.31. The highest BCUT2D eigenvalue weighted by molar-refractivity contribution is 5.27. The van der Waals surface area contributed by atoms with Crippen molar-refractivity contribution < 1.29 is 0 Å². The van der Waals surface area contributed by atoms with E-state index in [-0.39, 0.29) is 6.04 Å². The van der Waals surface area contributed by atoms with E-state index in [0.717, 1.165) is 12.8 Å². The van der Waals surface area contributed by atoms with Crippen molar-refractivity contribution >= 4 is 0 Å². The lowest BCUT2D eigenvalue weighted by atomic mass is 9.96. The van der Waals surface area contributed by atoms with Crippen molar-refractivity contribution in [3.63, 3.8) is 0 Å². The van der Waals surface area contributed by atoms with Crippen molar-refractivity contribution in [1.82, 2.24) is 5.43 Å². The molecule has 1 unspecified atom stereocenters. The zero-order chi connectivity index (χ0) is 15.2. The van der Waals surface area contributed by atoms with Crippen LogP contribution in [0.4, 0.5) is 0 Å². The molecule has 0 aliphatic rings. The molecular weight excluding hydrogens is 256 g/mol. The van der Waals surface area contributed by atoms with Gasteiger partial charge in [0.15, 0.2) is 0 Å². The average Bonchev–Trinajstić information content (AvgIpc) is 2.50. The minimum Gasteiger partial charge on any atom is -0.271 e. The van der Waals surface area contributed by atoms with Gasteiger partial charge in [0, 0.05) is 6.04 Å². The van der Waals surface area contributed by atoms with Gasteiger partial charge in [0.1, 0.15) is 0 Å². The van der Waals surface area contributed by atoms with Gasteiger partial charge in [-0.3, -0.25) is 11.3 Å². The molecule has 112 valence electrons. The summed E-state index contributed by atoms with van der Waals surface area (Å²) in [4.78, 5) is 0. The predicted octanol–water partition coefficient (Wildman–Crippen LogP) is 4.26. The van der Waals surface area contributed by atoms with Gasteiger partial charge in [0.25, 0.3) is 0 Å². The second-order valence-electron chi connectivity index (χ2n) is 6.06. The van der Waals surface area contributed by atoms with Crippen LogP contribution in [0, 0.1) is 6.92 Å². The van der Waals surface area contributed by atoms with Crippen LogP contribution in [0.3, 0.4) is 0 Å². The number of hydrogen-bond donors (Lipinski definition) is 2. The first-order valence-electron chi connectivity index (χ1n) is 7.71. The first kappa shape index (κ1) is 15.7. The maximum Gasteiger partial charge on any atom is 0.0463 e. The molecular formula is C19H26N2. The molecule has 0 radical (unpaired) electrons. The molecule has 0 saturated carbocycles. The Morgan fingerprint density at radius 1 is 0.905 bits per heavy atom. The molecule has 2 nitrogen and oxygen atoms in total. The quantitative estimate of drug-likeness (QED) is 0.614. The minimum absolute atomic E-state index is 0.201. The molecule has 0 aromatic heterocycles. The van der Waals surface area contributed by atoms with Crippen molar-refractivity contribution in [2.24, 2.45) is 5.84 Å². The highest BCUT2D eigenvalue weighted by Gasteiger charge is 2.10. The zero-order valence-electron chi connectivity index (χ0n) is 13.3.